The van der Waals surface area contributed by atoms with Gasteiger partial charge >= 0.3 is 0 Å². The lowest BCUT2D eigenvalue weighted by Gasteiger charge is -2.02. The minimum absolute atomic E-state index is 0.122. The third kappa shape index (κ3) is 2.16. The number of carbonyl (C=O) groups is 1. The van der Waals surface area contributed by atoms with E-state index < -0.39 is 0 Å². The van der Waals surface area contributed by atoms with Crippen LogP contribution >= 0.6 is 0 Å². The van der Waals surface area contributed by atoms with Gasteiger partial charge in [0, 0.05) is 34.7 Å². The zero-order valence-electron chi connectivity index (χ0n) is 12.2. The molecule has 0 fully saturated rings. The third-order valence-electron chi connectivity index (χ3n) is 4.11. The topological polar surface area (TPSA) is 70.4 Å². The maximum absolute atomic E-state index is 12.5. The van der Waals surface area contributed by atoms with Crippen molar-refractivity contribution < 1.29 is 15.0 Å². The number of phenolic OH excluding ortho intramolecular Hbond substituents is 2. The molecule has 0 aliphatic heterocycles. The summed E-state index contributed by atoms with van der Waals surface area (Å²) in [5.41, 5.74) is 3.53. The van der Waals surface area contributed by atoms with E-state index in [4.69, 9.17) is 0 Å². The largest absolute Gasteiger partial charge is 0.504 e. The van der Waals surface area contributed by atoms with E-state index in [1.807, 2.05) is 36.4 Å². The SMILES string of the molecule is O=C1/C(=C/c2cccc3cccnc23)Cc2cc(O)c(O)cc21. The highest BCUT2D eigenvalue weighted by Crippen LogP contribution is 2.36. The van der Waals surface area contributed by atoms with Gasteiger partial charge in [0.25, 0.3) is 0 Å². The van der Waals surface area contributed by atoms with Crippen molar-refractivity contribution in [3.05, 3.63) is 70.9 Å². The first kappa shape index (κ1) is 13.5. The summed E-state index contributed by atoms with van der Waals surface area (Å²) in [5.74, 6) is -0.599. The second-order valence-electron chi connectivity index (χ2n) is 5.60. The molecule has 0 radical (unpaired) electrons. The fraction of sp³-hybridized carbons (Fsp3) is 0.0526. The van der Waals surface area contributed by atoms with E-state index in [1.165, 1.54) is 12.1 Å². The number of hydrogen-bond acceptors (Lipinski definition) is 4. The average molecular weight is 303 g/mol. The Kier molecular flexibility index (Phi) is 2.91. The number of carbonyl (C=O) groups excluding carboxylic acids is 1. The van der Waals surface area contributed by atoms with Crippen molar-refractivity contribution in [2.45, 2.75) is 6.42 Å². The van der Waals surface area contributed by atoms with Crippen LogP contribution in [0.1, 0.15) is 21.5 Å². The number of phenols is 2. The van der Waals surface area contributed by atoms with Crippen LogP contribution < -0.4 is 0 Å². The minimum Gasteiger partial charge on any atom is -0.504 e. The number of nitrogens with zero attached hydrogens (tertiary/aromatic N) is 1. The molecule has 2 aromatic carbocycles. The van der Waals surface area contributed by atoms with Crippen LogP contribution in [0.3, 0.4) is 0 Å². The maximum atomic E-state index is 12.5. The van der Waals surface area contributed by atoms with Gasteiger partial charge in [0.1, 0.15) is 0 Å². The summed E-state index contributed by atoms with van der Waals surface area (Å²) in [6, 6.07) is 12.5. The third-order valence-corrected chi connectivity index (χ3v) is 4.11. The molecule has 0 saturated carbocycles. The van der Waals surface area contributed by atoms with Crippen LogP contribution in [0.5, 0.6) is 11.5 Å². The van der Waals surface area contributed by atoms with Crippen molar-refractivity contribution in [2.75, 3.05) is 0 Å². The summed E-state index contributed by atoms with van der Waals surface area (Å²) >= 11 is 0. The molecule has 1 aliphatic rings. The monoisotopic (exact) mass is 303 g/mol. The van der Waals surface area contributed by atoms with Crippen LogP contribution in [0.25, 0.3) is 17.0 Å². The van der Waals surface area contributed by atoms with E-state index in [0.717, 1.165) is 22.0 Å². The zero-order valence-corrected chi connectivity index (χ0v) is 12.2. The van der Waals surface area contributed by atoms with E-state index >= 15 is 0 Å². The Morgan fingerprint density at radius 1 is 1.04 bits per heavy atom. The van der Waals surface area contributed by atoms with E-state index in [1.54, 1.807) is 6.20 Å². The number of benzene rings is 2. The van der Waals surface area contributed by atoms with E-state index in [9.17, 15) is 15.0 Å². The number of Topliss-reactive ketones (excluding diaryl/α,β-unsaturated/α-hetero) is 1. The number of hydrogen-bond donors (Lipinski definition) is 2. The van der Waals surface area contributed by atoms with Gasteiger partial charge in [-0.1, -0.05) is 24.3 Å². The van der Waals surface area contributed by atoms with E-state index in [-0.39, 0.29) is 17.3 Å². The highest BCUT2D eigenvalue weighted by molar-refractivity contribution is 6.16. The second-order valence-corrected chi connectivity index (χ2v) is 5.60. The Bertz CT molecular complexity index is 984. The van der Waals surface area contributed by atoms with Crippen molar-refractivity contribution in [3.8, 4) is 11.5 Å². The molecule has 0 saturated heterocycles. The molecule has 4 rings (SSSR count). The lowest BCUT2D eigenvalue weighted by molar-refractivity contribution is 0.104. The van der Waals surface area contributed by atoms with Gasteiger partial charge in [-0.2, -0.15) is 0 Å². The van der Waals surface area contributed by atoms with Crippen molar-refractivity contribution in [3.63, 3.8) is 0 Å². The minimum atomic E-state index is -0.273. The predicted molar refractivity (Wildman–Crippen MR) is 87.5 cm³/mol. The number of aromatic hydroxyl groups is 2. The maximum Gasteiger partial charge on any atom is 0.189 e. The summed E-state index contributed by atoms with van der Waals surface area (Å²) in [6.45, 7) is 0. The van der Waals surface area contributed by atoms with Gasteiger partial charge < -0.3 is 10.2 Å². The van der Waals surface area contributed by atoms with Crippen LogP contribution in [-0.2, 0) is 6.42 Å². The first-order valence-electron chi connectivity index (χ1n) is 7.27. The molecule has 1 aromatic heterocycles. The Morgan fingerprint density at radius 2 is 1.83 bits per heavy atom. The molecule has 4 nitrogen and oxygen atoms in total. The van der Waals surface area contributed by atoms with Gasteiger partial charge in [0.2, 0.25) is 0 Å². The summed E-state index contributed by atoms with van der Waals surface area (Å²) in [4.78, 5) is 16.9. The molecule has 0 spiro atoms. The first-order chi connectivity index (χ1) is 11.1. The number of rotatable bonds is 1. The summed E-state index contributed by atoms with van der Waals surface area (Å²) in [5, 5.41) is 20.2. The molecular weight excluding hydrogens is 290 g/mol. The second kappa shape index (κ2) is 4.95. The van der Waals surface area contributed by atoms with Crippen molar-refractivity contribution in [1.29, 1.82) is 0 Å². The number of para-hydroxylation sites is 1. The van der Waals surface area contributed by atoms with Gasteiger partial charge in [-0.05, 0) is 29.8 Å². The van der Waals surface area contributed by atoms with Gasteiger partial charge in [-0.25, -0.2) is 0 Å². The highest BCUT2D eigenvalue weighted by Gasteiger charge is 2.26. The number of aromatic nitrogens is 1. The Balaban J connectivity index is 1.82. The number of fused-ring (bicyclic) bond motifs is 2. The smallest absolute Gasteiger partial charge is 0.189 e. The van der Waals surface area contributed by atoms with E-state index in [2.05, 4.69) is 4.98 Å². The summed E-state index contributed by atoms with van der Waals surface area (Å²) in [7, 11) is 0. The molecule has 1 heterocycles. The fourth-order valence-electron chi connectivity index (χ4n) is 2.98. The molecule has 3 aromatic rings. The molecule has 112 valence electrons. The van der Waals surface area contributed by atoms with Gasteiger partial charge in [-0.3, -0.25) is 9.78 Å². The van der Waals surface area contributed by atoms with Crippen molar-refractivity contribution in [1.82, 2.24) is 4.98 Å². The first-order valence-corrected chi connectivity index (χ1v) is 7.27. The lowest BCUT2D eigenvalue weighted by Crippen LogP contribution is -1.95. The molecule has 0 bridgehead atoms. The quantitative estimate of drug-likeness (QED) is 0.533. The fourth-order valence-corrected chi connectivity index (χ4v) is 2.98. The highest BCUT2D eigenvalue weighted by atomic mass is 16.3. The summed E-state index contributed by atoms with van der Waals surface area (Å²) in [6.07, 6.45) is 4.00. The van der Waals surface area contributed by atoms with Gasteiger partial charge in [-0.15, -0.1) is 0 Å². The van der Waals surface area contributed by atoms with Gasteiger partial charge in [0.05, 0.1) is 5.52 Å². The summed E-state index contributed by atoms with van der Waals surface area (Å²) < 4.78 is 0. The average Bonchev–Trinajstić information content (AvgIpc) is 2.84. The molecule has 0 amide bonds. The molecule has 2 N–H and O–H groups in total. The zero-order chi connectivity index (χ0) is 16.0. The molecule has 1 aliphatic carbocycles. The molecule has 23 heavy (non-hydrogen) atoms. The number of ketones is 1. The lowest BCUT2D eigenvalue weighted by atomic mass is 10.0. The van der Waals surface area contributed by atoms with Gasteiger partial charge in [0.15, 0.2) is 17.3 Å². The molecule has 4 heteroatoms. The Morgan fingerprint density at radius 3 is 2.70 bits per heavy atom. The molecule has 0 atom stereocenters. The normalized spacial score (nSPS) is 15.3. The van der Waals surface area contributed by atoms with Crippen molar-refractivity contribution >= 4 is 22.8 Å². The standard InChI is InChI=1S/C19H13NO3/c21-16-9-13-8-14(19(23)15(13)10-17(16)22)7-12-4-1-3-11-5-2-6-20-18(11)12/h1-7,9-10,21-22H,8H2/b14-7+. The van der Waals surface area contributed by atoms with Crippen LogP contribution in [0, 0.1) is 0 Å². The van der Waals surface area contributed by atoms with Crippen LogP contribution in [0.2, 0.25) is 0 Å². The molecule has 0 unspecified atom stereocenters. The predicted octanol–water partition coefficient (Wildman–Crippen LogP) is 3.47. The van der Waals surface area contributed by atoms with Crippen LogP contribution in [-0.4, -0.2) is 21.0 Å². The Hall–Kier alpha value is -3.14. The Labute approximate surface area is 132 Å². The van der Waals surface area contributed by atoms with Crippen LogP contribution in [0.15, 0.2) is 54.2 Å². The van der Waals surface area contributed by atoms with E-state index in [0.29, 0.717) is 17.6 Å². The number of pyridine rings is 1. The van der Waals surface area contributed by atoms with Crippen molar-refractivity contribution in [2.24, 2.45) is 0 Å². The van der Waals surface area contributed by atoms with Crippen LogP contribution in [0.4, 0.5) is 0 Å². The molecular formula is C19H13NO3. The number of allylic oxidation sites excluding steroid dienone is 1.